The Hall–Kier alpha value is -3.73. The largest absolute Gasteiger partial charge is 0.479 e. The van der Waals surface area contributed by atoms with Crippen LogP contribution in [0.2, 0.25) is 0 Å². The van der Waals surface area contributed by atoms with Gasteiger partial charge in [-0.3, -0.25) is 9.09 Å². The van der Waals surface area contributed by atoms with Crippen LogP contribution in [-0.4, -0.2) is 68.7 Å². The van der Waals surface area contributed by atoms with E-state index in [-0.39, 0.29) is 30.3 Å². The Balaban J connectivity index is 1.33. The van der Waals surface area contributed by atoms with Crippen LogP contribution in [0.25, 0.3) is 11.2 Å². The third-order valence-corrected chi connectivity index (χ3v) is 8.72. The van der Waals surface area contributed by atoms with Crippen molar-refractivity contribution in [2.75, 3.05) is 19.5 Å². The number of methoxy groups -OCH3 is 1. The molecule has 42 heavy (non-hydrogen) atoms. The number of carbonyl (C=O) groups is 1. The van der Waals surface area contributed by atoms with Crippen molar-refractivity contribution in [3.63, 3.8) is 0 Å². The molecule has 6 atom stereocenters. The third-order valence-electron chi connectivity index (χ3n) is 7.21. The Morgan fingerprint density at radius 2 is 2.05 bits per heavy atom. The lowest BCUT2D eigenvalue weighted by Crippen LogP contribution is -2.39. The Kier molecular flexibility index (Phi) is 8.96. The molecule has 224 valence electrons. The number of nitrogens with one attached hydrogen (secondary N) is 1. The summed E-state index contributed by atoms with van der Waals surface area (Å²) in [7, 11) is -2.87. The number of para-hydroxylation sites is 1. The van der Waals surface area contributed by atoms with E-state index in [1.807, 2.05) is 0 Å². The van der Waals surface area contributed by atoms with Crippen LogP contribution in [0, 0.1) is 18.3 Å². The quantitative estimate of drug-likeness (QED) is 0.166. The molecule has 4 N–H and O–H groups in total. The zero-order valence-corrected chi connectivity index (χ0v) is 24.1. The number of terminal acetylenes is 1. The minimum atomic E-state index is -4.30. The molecule has 3 heterocycles. The Morgan fingerprint density at radius 3 is 2.74 bits per heavy atom. The molecule has 14 nitrogen and oxygen atoms in total. The number of aromatic nitrogens is 4. The van der Waals surface area contributed by atoms with Crippen LogP contribution in [0.3, 0.4) is 0 Å². The summed E-state index contributed by atoms with van der Waals surface area (Å²) in [4.78, 5) is 25.4. The number of nitrogen functional groups attached to an aromatic ring is 1. The van der Waals surface area contributed by atoms with Crippen molar-refractivity contribution in [2.24, 2.45) is 5.92 Å². The predicted molar refractivity (Wildman–Crippen MR) is 150 cm³/mol. The normalized spacial score (nSPS) is 24.6. The fourth-order valence-electron chi connectivity index (χ4n) is 5.02. The number of imidazole rings is 1. The van der Waals surface area contributed by atoms with Crippen molar-refractivity contribution < 1.29 is 37.7 Å². The van der Waals surface area contributed by atoms with Crippen LogP contribution in [0.5, 0.6) is 11.6 Å². The number of hydrogen-bond acceptors (Lipinski definition) is 12. The first kappa shape index (κ1) is 29.8. The summed E-state index contributed by atoms with van der Waals surface area (Å²) in [5.74, 6) is 1.44. The second-order valence-corrected chi connectivity index (χ2v) is 11.8. The zero-order chi connectivity index (χ0) is 29.9. The van der Waals surface area contributed by atoms with E-state index in [0.717, 1.165) is 25.7 Å². The van der Waals surface area contributed by atoms with E-state index in [1.165, 1.54) is 13.4 Å². The SMILES string of the molecule is C#C[C@H](NP(=O)(OC[C@H]1O[C@@H](n2cnc3c(OC)nc(N)nc32)[C@@H](C)[C@@H]1O)Oc1ccccc1)C(=O)OC1CCCC1. The van der Waals surface area contributed by atoms with Crippen LogP contribution in [-0.2, 0) is 23.4 Å². The van der Waals surface area contributed by atoms with Gasteiger partial charge in [0.2, 0.25) is 11.8 Å². The van der Waals surface area contributed by atoms with Crippen molar-refractivity contribution in [3.05, 3.63) is 36.7 Å². The van der Waals surface area contributed by atoms with E-state index in [4.69, 9.17) is 35.4 Å². The summed E-state index contributed by atoms with van der Waals surface area (Å²) in [6.45, 7) is 1.40. The predicted octanol–water partition coefficient (Wildman–Crippen LogP) is 2.59. The molecule has 5 rings (SSSR count). The molecule has 1 unspecified atom stereocenters. The molecule has 0 spiro atoms. The summed E-state index contributed by atoms with van der Waals surface area (Å²) in [5, 5.41) is 13.6. The van der Waals surface area contributed by atoms with E-state index < -0.39 is 44.1 Å². The highest BCUT2D eigenvalue weighted by molar-refractivity contribution is 7.52. The van der Waals surface area contributed by atoms with Crippen molar-refractivity contribution >= 4 is 30.8 Å². The van der Waals surface area contributed by atoms with Crippen LogP contribution in [0.1, 0.15) is 38.8 Å². The van der Waals surface area contributed by atoms with Gasteiger partial charge in [-0.25, -0.2) is 14.3 Å². The number of aliphatic hydroxyl groups excluding tert-OH is 1. The molecule has 1 aromatic carbocycles. The van der Waals surface area contributed by atoms with E-state index >= 15 is 0 Å². The van der Waals surface area contributed by atoms with Crippen molar-refractivity contribution in [1.29, 1.82) is 0 Å². The topological polar surface area (TPSA) is 182 Å². The van der Waals surface area contributed by atoms with Crippen LogP contribution >= 0.6 is 7.75 Å². The lowest BCUT2D eigenvalue weighted by molar-refractivity contribution is -0.149. The molecule has 1 aliphatic heterocycles. The van der Waals surface area contributed by atoms with Gasteiger partial charge in [-0.05, 0) is 37.8 Å². The molecule has 1 saturated heterocycles. The van der Waals surface area contributed by atoms with Gasteiger partial charge in [0.15, 0.2) is 17.2 Å². The van der Waals surface area contributed by atoms with E-state index in [1.54, 1.807) is 41.8 Å². The van der Waals surface area contributed by atoms with Gasteiger partial charge in [0.25, 0.3) is 0 Å². The Morgan fingerprint density at radius 1 is 1.31 bits per heavy atom. The van der Waals surface area contributed by atoms with Gasteiger partial charge in [-0.2, -0.15) is 15.1 Å². The van der Waals surface area contributed by atoms with E-state index in [2.05, 4.69) is 26.0 Å². The first-order valence-electron chi connectivity index (χ1n) is 13.5. The first-order valence-corrected chi connectivity index (χ1v) is 15.1. The second-order valence-electron chi connectivity index (χ2n) is 10.1. The van der Waals surface area contributed by atoms with Gasteiger partial charge in [-0.15, -0.1) is 6.42 Å². The molecule has 3 aromatic rings. The number of nitrogens with two attached hydrogens (primary N) is 1. The fraction of sp³-hybridized carbons (Fsp3) is 0.481. The zero-order valence-electron chi connectivity index (χ0n) is 23.2. The molecule has 1 saturated carbocycles. The monoisotopic (exact) mass is 600 g/mol. The molecule has 1 aliphatic carbocycles. The van der Waals surface area contributed by atoms with Gasteiger partial charge in [0.05, 0.1) is 26.1 Å². The fourth-order valence-corrected chi connectivity index (χ4v) is 6.44. The molecular formula is C27H33N6O8P. The highest BCUT2D eigenvalue weighted by Crippen LogP contribution is 2.46. The number of esters is 1. The average molecular weight is 601 g/mol. The maximum atomic E-state index is 14.0. The van der Waals surface area contributed by atoms with Gasteiger partial charge >= 0.3 is 13.7 Å². The van der Waals surface area contributed by atoms with Gasteiger partial charge < -0.3 is 29.6 Å². The van der Waals surface area contributed by atoms with Crippen molar-refractivity contribution in [3.8, 4) is 24.0 Å². The van der Waals surface area contributed by atoms with Crippen LogP contribution < -0.4 is 20.1 Å². The van der Waals surface area contributed by atoms with Crippen LogP contribution in [0.15, 0.2) is 36.7 Å². The molecule has 0 radical (unpaired) electrons. The molecule has 0 bridgehead atoms. The molecule has 2 fully saturated rings. The molecule has 2 aliphatic rings. The van der Waals surface area contributed by atoms with Crippen LogP contribution in [0.4, 0.5) is 5.95 Å². The Bertz CT molecular complexity index is 1490. The minimum absolute atomic E-state index is 0.0215. The number of rotatable bonds is 11. The average Bonchev–Trinajstić information content (AvgIpc) is 3.71. The Labute approximate surface area is 242 Å². The van der Waals surface area contributed by atoms with Crippen molar-refractivity contribution in [1.82, 2.24) is 24.6 Å². The number of aliphatic hydroxyl groups is 1. The third kappa shape index (κ3) is 6.35. The molecule has 2 aromatic heterocycles. The standard InChI is InChI=1S/C27H33N6O8P/c1-4-19(26(35)39-17-10-8-9-11-17)32-42(36,41-18-12-6-5-7-13-18)38-14-20-22(34)16(2)25(40-20)33-15-29-21-23(33)30-27(28)31-24(21)37-3/h1,5-7,12-13,15-17,19-20,22,25,34H,8-11,14H2,2-3H3,(H,32,36)(H2,28,30,31)/t16-,19-,20+,22-,25+,42?/m0/s1. The highest BCUT2D eigenvalue weighted by Gasteiger charge is 2.45. The smallest absolute Gasteiger partial charge is 0.460 e. The van der Waals surface area contributed by atoms with E-state index in [9.17, 15) is 14.5 Å². The summed E-state index contributed by atoms with van der Waals surface area (Å²) in [5.41, 5.74) is 6.56. The number of nitrogens with zero attached hydrogens (tertiary/aromatic N) is 4. The summed E-state index contributed by atoms with van der Waals surface area (Å²) < 4.78 is 43.9. The number of fused-ring (bicyclic) bond motifs is 1. The van der Waals surface area contributed by atoms with Gasteiger partial charge in [-0.1, -0.05) is 31.0 Å². The number of carbonyl (C=O) groups excluding carboxylic acids is 1. The van der Waals surface area contributed by atoms with Gasteiger partial charge in [0.1, 0.15) is 24.2 Å². The van der Waals surface area contributed by atoms with Gasteiger partial charge in [0, 0.05) is 5.92 Å². The number of hydrogen-bond donors (Lipinski definition) is 3. The lowest BCUT2D eigenvalue weighted by atomic mass is 10.0. The lowest BCUT2D eigenvalue weighted by Gasteiger charge is -2.25. The van der Waals surface area contributed by atoms with Crippen molar-refractivity contribution in [2.45, 2.75) is 63.2 Å². The number of ether oxygens (including phenoxy) is 3. The summed E-state index contributed by atoms with van der Waals surface area (Å²) in [6.07, 6.45) is 7.51. The summed E-state index contributed by atoms with van der Waals surface area (Å²) in [6, 6.07) is 6.87. The maximum Gasteiger partial charge on any atom is 0.460 e. The molecule has 0 amide bonds. The summed E-state index contributed by atoms with van der Waals surface area (Å²) >= 11 is 0. The number of benzene rings is 1. The minimum Gasteiger partial charge on any atom is -0.479 e. The maximum absolute atomic E-state index is 14.0. The van der Waals surface area contributed by atoms with E-state index in [0.29, 0.717) is 11.2 Å². The molecular weight excluding hydrogens is 567 g/mol. The first-order chi connectivity index (χ1) is 20.2. The molecule has 15 heteroatoms. The highest BCUT2D eigenvalue weighted by atomic mass is 31.2. The number of anilines is 1. The second kappa shape index (κ2) is 12.6.